The van der Waals surface area contributed by atoms with Gasteiger partial charge in [0.1, 0.15) is 17.6 Å². The van der Waals surface area contributed by atoms with Crippen molar-refractivity contribution in [3.63, 3.8) is 0 Å². The number of ether oxygens (including phenoxy) is 3. The first-order chi connectivity index (χ1) is 15.0. The molecule has 0 bridgehead atoms. The van der Waals surface area contributed by atoms with E-state index in [0.29, 0.717) is 36.9 Å². The van der Waals surface area contributed by atoms with E-state index in [1.165, 1.54) is 5.56 Å². The number of amides is 2. The second kappa shape index (κ2) is 8.98. The zero-order valence-corrected chi connectivity index (χ0v) is 18.2. The monoisotopic (exact) mass is 424 g/mol. The molecule has 7 heteroatoms. The number of nitrogens with zero attached hydrogens (tertiary/aromatic N) is 2. The van der Waals surface area contributed by atoms with Crippen molar-refractivity contribution in [2.45, 2.75) is 18.9 Å². The van der Waals surface area contributed by atoms with Crippen LogP contribution in [0.2, 0.25) is 0 Å². The molecule has 7 nitrogen and oxygen atoms in total. The average Bonchev–Trinajstić information content (AvgIpc) is 3.19. The lowest BCUT2D eigenvalue weighted by molar-refractivity contribution is -0.136. The minimum Gasteiger partial charge on any atom is -0.497 e. The molecule has 0 spiro atoms. The molecule has 0 radical (unpaired) electrons. The molecule has 0 N–H and O–H groups in total. The number of anilines is 1. The molecule has 1 fully saturated rings. The molecule has 2 heterocycles. The highest BCUT2D eigenvalue weighted by Crippen LogP contribution is 2.36. The second-order valence-corrected chi connectivity index (χ2v) is 7.97. The first kappa shape index (κ1) is 21.2. The van der Waals surface area contributed by atoms with Crippen molar-refractivity contribution in [2.24, 2.45) is 5.92 Å². The smallest absolute Gasteiger partial charge is 0.227 e. The van der Waals surface area contributed by atoms with Gasteiger partial charge in [0, 0.05) is 26.1 Å². The molecule has 0 aromatic heterocycles. The summed E-state index contributed by atoms with van der Waals surface area (Å²) >= 11 is 0. The van der Waals surface area contributed by atoms with E-state index in [2.05, 4.69) is 12.1 Å². The van der Waals surface area contributed by atoms with Crippen molar-refractivity contribution >= 4 is 17.5 Å². The Kier molecular flexibility index (Phi) is 6.13. The molecule has 2 aromatic carbocycles. The van der Waals surface area contributed by atoms with E-state index in [0.717, 1.165) is 12.0 Å². The first-order valence-corrected chi connectivity index (χ1v) is 10.5. The highest BCUT2D eigenvalue weighted by molar-refractivity contribution is 6.01. The molecule has 164 valence electrons. The molecular formula is C24H28N2O5. The van der Waals surface area contributed by atoms with Crippen molar-refractivity contribution in [1.29, 1.82) is 0 Å². The van der Waals surface area contributed by atoms with Gasteiger partial charge in [0.2, 0.25) is 11.8 Å². The van der Waals surface area contributed by atoms with Crippen molar-refractivity contribution in [2.75, 3.05) is 45.9 Å². The van der Waals surface area contributed by atoms with Gasteiger partial charge in [-0.3, -0.25) is 9.59 Å². The van der Waals surface area contributed by atoms with E-state index in [-0.39, 0.29) is 24.3 Å². The topological polar surface area (TPSA) is 68.3 Å². The van der Waals surface area contributed by atoms with Gasteiger partial charge < -0.3 is 24.0 Å². The number of rotatable bonds is 6. The van der Waals surface area contributed by atoms with Gasteiger partial charge in [0.05, 0.1) is 39.0 Å². The van der Waals surface area contributed by atoms with Crippen LogP contribution in [0.4, 0.5) is 5.69 Å². The summed E-state index contributed by atoms with van der Waals surface area (Å²) in [4.78, 5) is 29.2. The van der Waals surface area contributed by atoms with Crippen LogP contribution < -0.4 is 14.4 Å². The maximum Gasteiger partial charge on any atom is 0.227 e. The summed E-state index contributed by atoms with van der Waals surface area (Å²) in [7, 11) is 4.91. The Morgan fingerprint density at radius 3 is 2.77 bits per heavy atom. The van der Waals surface area contributed by atoms with Crippen LogP contribution >= 0.6 is 0 Å². The van der Waals surface area contributed by atoms with Gasteiger partial charge in [0.25, 0.3) is 0 Å². The van der Waals surface area contributed by atoms with Gasteiger partial charge in [-0.1, -0.05) is 24.3 Å². The Morgan fingerprint density at radius 2 is 2.00 bits per heavy atom. The predicted octanol–water partition coefficient (Wildman–Crippen LogP) is 2.83. The summed E-state index contributed by atoms with van der Waals surface area (Å²) in [5, 5.41) is 0. The minimum absolute atomic E-state index is 0.0463. The number of hydrogen-bond acceptors (Lipinski definition) is 5. The molecule has 31 heavy (non-hydrogen) atoms. The van der Waals surface area contributed by atoms with Crippen LogP contribution in [0.1, 0.15) is 23.7 Å². The molecule has 0 aliphatic carbocycles. The zero-order chi connectivity index (χ0) is 22.0. The van der Waals surface area contributed by atoms with Gasteiger partial charge in [0.15, 0.2) is 0 Å². The van der Waals surface area contributed by atoms with Gasteiger partial charge in [-0.05, 0) is 29.7 Å². The summed E-state index contributed by atoms with van der Waals surface area (Å²) in [6.07, 6.45) is 0.925. The molecule has 1 saturated heterocycles. The van der Waals surface area contributed by atoms with Gasteiger partial charge in [-0.25, -0.2) is 0 Å². The fraction of sp³-hybridized carbons (Fsp3) is 0.417. The Bertz CT molecular complexity index is 976. The van der Waals surface area contributed by atoms with E-state index in [1.54, 1.807) is 49.3 Å². The number of methoxy groups -OCH3 is 2. The Hall–Kier alpha value is -3.06. The standard InChI is InChI=1S/C24H28N2O5/c1-25(15-22-19-7-5-4-6-16(19)10-11-31-22)24(28)17-12-23(27)26(14-17)20-9-8-18(29-2)13-21(20)30-3/h4-9,13,17,22H,10-12,14-15H2,1-3H3/t17-,22+/m0/s1. The fourth-order valence-electron chi connectivity index (χ4n) is 4.39. The summed E-state index contributed by atoms with van der Waals surface area (Å²) in [6.45, 7) is 1.44. The van der Waals surface area contributed by atoms with Crippen LogP contribution in [0.3, 0.4) is 0 Å². The molecule has 2 aliphatic heterocycles. The number of likely N-dealkylation sites (N-methyl/N-ethyl adjacent to an activating group) is 1. The molecule has 4 rings (SSSR count). The fourth-order valence-corrected chi connectivity index (χ4v) is 4.39. The summed E-state index contributed by atoms with van der Waals surface area (Å²) in [5.74, 6) is 0.654. The van der Waals surface area contributed by atoms with Crippen LogP contribution in [-0.2, 0) is 20.7 Å². The van der Waals surface area contributed by atoms with Crippen LogP contribution in [-0.4, -0.2) is 57.7 Å². The minimum atomic E-state index is -0.400. The molecule has 2 atom stereocenters. The van der Waals surface area contributed by atoms with Crippen molar-refractivity contribution < 1.29 is 23.8 Å². The maximum atomic E-state index is 13.1. The van der Waals surface area contributed by atoms with Gasteiger partial charge >= 0.3 is 0 Å². The predicted molar refractivity (Wildman–Crippen MR) is 116 cm³/mol. The van der Waals surface area contributed by atoms with Crippen molar-refractivity contribution in [3.8, 4) is 11.5 Å². The van der Waals surface area contributed by atoms with E-state index in [4.69, 9.17) is 14.2 Å². The molecule has 0 saturated carbocycles. The summed E-state index contributed by atoms with van der Waals surface area (Å²) in [5.41, 5.74) is 3.06. The Labute approximate surface area is 182 Å². The lowest BCUT2D eigenvalue weighted by Crippen LogP contribution is -2.38. The Balaban J connectivity index is 1.45. The maximum absolute atomic E-state index is 13.1. The molecule has 2 aliphatic rings. The lowest BCUT2D eigenvalue weighted by Gasteiger charge is -2.30. The van der Waals surface area contributed by atoms with Crippen molar-refractivity contribution in [3.05, 3.63) is 53.6 Å². The van der Waals surface area contributed by atoms with E-state index >= 15 is 0 Å². The first-order valence-electron chi connectivity index (χ1n) is 10.5. The van der Waals surface area contributed by atoms with E-state index in [9.17, 15) is 9.59 Å². The number of carbonyl (C=O) groups is 2. The zero-order valence-electron chi connectivity index (χ0n) is 18.2. The van der Waals surface area contributed by atoms with Crippen LogP contribution in [0.25, 0.3) is 0 Å². The number of hydrogen-bond donors (Lipinski definition) is 0. The SMILES string of the molecule is COc1ccc(N2C[C@@H](C(=O)N(C)C[C@H]3OCCc4ccccc43)CC2=O)c(OC)c1. The highest BCUT2D eigenvalue weighted by atomic mass is 16.5. The summed E-state index contributed by atoms with van der Waals surface area (Å²) in [6, 6.07) is 13.5. The number of carbonyl (C=O) groups excluding carboxylic acids is 2. The summed E-state index contributed by atoms with van der Waals surface area (Å²) < 4.78 is 16.6. The number of benzene rings is 2. The third kappa shape index (κ3) is 4.23. The molecule has 0 unspecified atom stereocenters. The second-order valence-electron chi connectivity index (χ2n) is 7.97. The molecular weight excluding hydrogens is 396 g/mol. The third-order valence-electron chi connectivity index (χ3n) is 6.06. The number of fused-ring (bicyclic) bond motifs is 1. The van der Waals surface area contributed by atoms with Crippen molar-refractivity contribution in [1.82, 2.24) is 4.90 Å². The lowest BCUT2D eigenvalue weighted by atomic mass is 9.97. The average molecular weight is 424 g/mol. The molecule has 2 aromatic rings. The highest BCUT2D eigenvalue weighted by Gasteiger charge is 2.38. The third-order valence-corrected chi connectivity index (χ3v) is 6.06. The Morgan fingerprint density at radius 1 is 1.19 bits per heavy atom. The molecule has 2 amide bonds. The largest absolute Gasteiger partial charge is 0.497 e. The van der Waals surface area contributed by atoms with E-state index in [1.807, 2.05) is 12.1 Å². The van der Waals surface area contributed by atoms with Gasteiger partial charge in [-0.15, -0.1) is 0 Å². The van der Waals surface area contributed by atoms with E-state index < -0.39 is 5.92 Å². The van der Waals surface area contributed by atoms with Crippen LogP contribution in [0.15, 0.2) is 42.5 Å². The van der Waals surface area contributed by atoms with Gasteiger partial charge in [-0.2, -0.15) is 0 Å². The van der Waals surface area contributed by atoms with Crippen LogP contribution in [0.5, 0.6) is 11.5 Å². The quantitative estimate of drug-likeness (QED) is 0.713. The van der Waals surface area contributed by atoms with Crippen LogP contribution in [0, 0.1) is 5.92 Å². The normalized spacial score (nSPS) is 20.4.